The predicted molar refractivity (Wildman–Crippen MR) is 80.1 cm³/mol. The molecule has 1 rings (SSSR count). The first-order valence-corrected chi connectivity index (χ1v) is 7.62. The molecule has 0 aliphatic heterocycles. The molecule has 0 bridgehead atoms. The Labute approximate surface area is 118 Å². The van der Waals surface area contributed by atoms with Crippen LogP contribution in [-0.2, 0) is 6.54 Å². The maximum absolute atomic E-state index is 12.4. The van der Waals surface area contributed by atoms with Crippen LogP contribution in [0.25, 0.3) is 0 Å². The highest BCUT2D eigenvalue weighted by molar-refractivity contribution is 7.99. The number of hydrogen-bond donors (Lipinski definition) is 1. The Bertz CT molecular complexity index is 497. The number of hydrogen-bond acceptors (Lipinski definition) is 4. The molecule has 0 aliphatic rings. The molecule has 1 atom stereocenters. The highest BCUT2D eigenvalue weighted by atomic mass is 32.2. The molecule has 0 radical (unpaired) electrons. The van der Waals surface area contributed by atoms with Gasteiger partial charge in [0, 0.05) is 12.3 Å². The lowest BCUT2D eigenvalue weighted by atomic mass is 9.98. The summed E-state index contributed by atoms with van der Waals surface area (Å²) in [4.78, 5) is 16.6. The van der Waals surface area contributed by atoms with Crippen LogP contribution < -0.4 is 5.56 Å². The molecule has 0 saturated carbocycles. The normalized spacial score (nSPS) is 12.4. The van der Waals surface area contributed by atoms with Gasteiger partial charge in [-0.3, -0.25) is 9.36 Å². The van der Waals surface area contributed by atoms with Crippen molar-refractivity contribution in [3.05, 3.63) is 28.6 Å². The molecule has 0 saturated heterocycles. The van der Waals surface area contributed by atoms with Crippen molar-refractivity contribution in [2.24, 2.45) is 0 Å². The van der Waals surface area contributed by atoms with Gasteiger partial charge in [0.05, 0.1) is 5.56 Å². The zero-order valence-corrected chi connectivity index (χ0v) is 12.7. The largest absolute Gasteiger partial charge is 0.493 e. The van der Waals surface area contributed by atoms with Gasteiger partial charge in [0.1, 0.15) is 0 Å². The smallest absolute Gasteiger partial charge is 0.261 e. The standard InChI is InChI=1S/C14H22N2O2S/c1-5-8-10(4)11-12(17)15-14(19-9-6-2)16(7-3)13(11)18/h6,10,17H,2,5,7-9H2,1,3-4H3. The van der Waals surface area contributed by atoms with Crippen LogP contribution in [0.1, 0.15) is 45.1 Å². The molecule has 0 aliphatic carbocycles. The minimum atomic E-state index is -0.123. The average Bonchev–Trinajstić information content (AvgIpc) is 2.36. The highest BCUT2D eigenvalue weighted by Crippen LogP contribution is 2.26. The van der Waals surface area contributed by atoms with Gasteiger partial charge in [-0.15, -0.1) is 6.58 Å². The van der Waals surface area contributed by atoms with Crippen molar-refractivity contribution in [2.45, 2.75) is 51.2 Å². The average molecular weight is 282 g/mol. The van der Waals surface area contributed by atoms with Gasteiger partial charge in [-0.25, -0.2) is 0 Å². The third-order valence-electron chi connectivity index (χ3n) is 3.01. The Balaban J connectivity index is 3.29. The molecule has 19 heavy (non-hydrogen) atoms. The quantitative estimate of drug-likeness (QED) is 0.474. The van der Waals surface area contributed by atoms with E-state index in [4.69, 9.17) is 0 Å². The zero-order chi connectivity index (χ0) is 14.4. The summed E-state index contributed by atoms with van der Waals surface area (Å²) < 4.78 is 1.62. The fraction of sp³-hybridized carbons (Fsp3) is 0.571. The number of nitrogens with zero attached hydrogens (tertiary/aromatic N) is 2. The first kappa shape index (κ1) is 15.8. The molecule has 1 N–H and O–H groups in total. The molecule has 1 aromatic rings. The first-order valence-electron chi connectivity index (χ1n) is 6.64. The van der Waals surface area contributed by atoms with E-state index in [1.54, 1.807) is 10.6 Å². The summed E-state index contributed by atoms with van der Waals surface area (Å²) in [6.45, 7) is 10.1. The molecule has 0 spiro atoms. The molecule has 0 amide bonds. The van der Waals surface area contributed by atoms with Crippen molar-refractivity contribution >= 4 is 11.8 Å². The van der Waals surface area contributed by atoms with Crippen molar-refractivity contribution in [1.82, 2.24) is 9.55 Å². The van der Waals surface area contributed by atoms with Crippen molar-refractivity contribution in [3.63, 3.8) is 0 Å². The molecule has 0 fully saturated rings. The topological polar surface area (TPSA) is 55.1 Å². The van der Waals surface area contributed by atoms with E-state index < -0.39 is 0 Å². The summed E-state index contributed by atoms with van der Waals surface area (Å²) in [5.74, 6) is 0.568. The van der Waals surface area contributed by atoms with Crippen molar-refractivity contribution in [2.75, 3.05) is 5.75 Å². The maximum atomic E-state index is 12.4. The Kier molecular flexibility index (Phi) is 6.15. The summed E-state index contributed by atoms with van der Waals surface area (Å²) >= 11 is 1.41. The highest BCUT2D eigenvalue weighted by Gasteiger charge is 2.20. The summed E-state index contributed by atoms with van der Waals surface area (Å²) in [5.41, 5.74) is 0.314. The predicted octanol–water partition coefficient (Wildman–Crippen LogP) is 3.15. The Morgan fingerprint density at radius 1 is 1.53 bits per heavy atom. The van der Waals surface area contributed by atoms with Gasteiger partial charge in [0.2, 0.25) is 5.88 Å². The van der Waals surface area contributed by atoms with Crippen LogP contribution in [0.15, 0.2) is 22.6 Å². The minimum absolute atomic E-state index is 0.0289. The number of aromatic hydroxyl groups is 1. The lowest BCUT2D eigenvalue weighted by Crippen LogP contribution is -2.27. The van der Waals surface area contributed by atoms with Gasteiger partial charge < -0.3 is 5.11 Å². The van der Waals surface area contributed by atoms with Gasteiger partial charge in [-0.2, -0.15) is 4.98 Å². The fourth-order valence-corrected chi connectivity index (χ4v) is 2.86. The van der Waals surface area contributed by atoms with Crippen molar-refractivity contribution in [3.8, 4) is 5.88 Å². The van der Waals surface area contributed by atoms with E-state index in [1.807, 2.05) is 13.8 Å². The molecule has 4 nitrogen and oxygen atoms in total. The van der Waals surface area contributed by atoms with E-state index in [0.717, 1.165) is 12.8 Å². The van der Waals surface area contributed by atoms with E-state index in [0.29, 0.717) is 23.0 Å². The summed E-state index contributed by atoms with van der Waals surface area (Å²) in [6, 6.07) is 0. The SMILES string of the molecule is C=CCSc1nc(O)c(C(C)CCC)c(=O)n1CC. The molecule has 1 heterocycles. The van der Waals surface area contributed by atoms with Gasteiger partial charge in [-0.05, 0) is 19.3 Å². The van der Waals surface area contributed by atoms with E-state index in [1.165, 1.54) is 11.8 Å². The Morgan fingerprint density at radius 2 is 2.21 bits per heavy atom. The lowest BCUT2D eigenvalue weighted by molar-refractivity contribution is 0.415. The molecule has 0 aromatic carbocycles. The van der Waals surface area contributed by atoms with Crippen LogP contribution in [0.5, 0.6) is 5.88 Å². The van der Waals surface area contributed by atoms with Crippen LogP contribution in [-0.4, -0.2) is 20.4 Å². The van der Waals surface area contributed by atoms with Gasteiger partial charge in [-0.1, -0.05) is 38.1 Å². The van der Waals surface area contributed by atoms with Crippen molar-refractivity contribution < 1.29 is 5.11 Å². The lowest BCUT2D eigenvalue weighted by Gasteiger charge is -2.16. The number of rotatable bonds is 7. The third kappa shape index (κ3) is 3.62. The van der Waals surface area contributed by atoms with Crippen LogP contribution in [0, 0.1) is 0 Å². The van der Waals surface area contributed by atoms with Gasteiger partial charge in [0.25, 0.3) is 5.56 Å². The van der Waals surface area contributed by atoms with Crippen LogP contribution in [0.2, 0.25) is 0 Å². The molecule has 1 unspecified atom stereocenters. The minimum Gasteiger partial charge on any atom is -0.493 e. The third-order valence-corrected chi connectivity index (χ3v) is 3.98. The van der Waals surface area contributed by atoms with Crippen LogP contribution in [0.3, 0.4) is 0 Å². The summed E-state index contributed by atoms with van der Waals surface area (Å²) in [5, 5.41) is 10.6. The second-order valence-corrected chi connectivity index (χ2v) is 5.46. The monoisotopic (exact) mass is 282 g/mol. The molecule has 5 heteroatoms. The second kappa shape index (κ2) is 7.38. The number of aromatic nitrogens is 2. The number of thioether (sulfide) groups is 1. The second-order valence-electron chi connectivity index (χ2n) is 4.47. The van der Waals surface area contributed by atoms with Crippen LogP contribution >= 0.6 is 11.8 Å². The first-order chi connectivity index (χ1) is 9.06. The maximum Gasteiger partial charge on any atom is 0.261 e. The fourth-order valence-electron chi connectivity index (χ4n) is 2.07. The van der Waals surface area contributed by atoms with Gasteiger partial charge in [0.15, 0.2) is 5.16 Å². The molecule has 106 valence electrons. The van der Waals surface area contributed by atoms with E-state index in [9.17, 15) is 9.90 Å². The van der Waals surface area contributed by atoms with Crippen LogP contribution in [0.4, 0.5) is 0 Å². The Morgan fingerprint density at radius 3 is 2.74 bits per heavy atom. The van der Waals surface area contributed by atoms with E-state index >= 15 is 0 Å². The van der Waals surface area contributed by atoms with E-state index in [-0.39, 0.29) is 17.4 Å². The Hall–Kier alpha value is -1.23. The zero-order valence-electron chi connectivity index (χ0n) is 11.8. The molecule has 1 aromatic heterocycles. The summed E-state index contributed by atoms with van der Waals surface area (Å²) in [6.07, 6.45) is 3.59. The van der Waals surface area contributed by atoms with Crippen molar-refractivity contribution in [1.29, 1.82) is 0 Å². The summed E-state index contributed by atoms with van der Waals surface area (Å²) in [7, 11) is 0. The van der Waals surface area contributed by atoms with Gasteiger partial charge >= 0.3 is 0 Å². The molecular formula is C14H22N2O2S. The molecular weight excluding hydrogens is 260 g/mol. The van der Waals surface area contributed by atoms with E-state index in [2.05, 4.69) is 18.5 Å².